The molecule has 0 N–H and O–H groups in total. The Morgan fingerprint density at radius 2 is 1.61 bits per heavy atom. The number of nitrogens with zero attached hydrogens (tertiary/aromatic N) is 2. The second kappa shape index (κ2) is 8.64. The van der Waals surface area contributed by atoms with Crippen LogP contribution in [0.25, 0.3) is 22.3 Å². The molecular formula is C26H26N2O3. The molecule has 4 aromatic rings. The standard InChI is InChI=1S/C26H26N2O3/c1-17-15-18(2)24(19(3)16-17)31-14-13-28-25(20-9-11-21(30-4)12-10-20)27-23-8-6-5-7-22(23)26(28)29/h5-12,15-16H,13-14H2,1-4H3. The summed E-state index contributed by atoms with van der Waals surface area (Å²) in [6, 6.07) is 19.2. The summed E-state index contributed by atoms with van der Waals surface area (Å²) in [5.41, 5.74) is 4.86. The van der Waals surface area contributed by atoms with Gasteiger partial charge in [-0.15, -0.1) is 0 Å². The fourth-order valence-corrected chi connectivity index (χ4v) is 3.97. The van der Waals surface area contributed by atoms with E-state index in [0.717, 1.165) is 28.2 Å². The molecule has 0 atom stereocenters. The molecule has 1 aromatic heterocycles. The van der Waals surface area contributed by atoms with Crippen LogP contribution in [0.2, 0.25) is 0 Å². The summed E-state index contributed by atoms with van der Waals surface area (Å²) in [7, 11) is 1.63. The molecule has 0 spiro atoms. The molecule has 0 fully saturated rings. The number of ether oxygens (including phenoxy) is 2. The van der Waals surface area contributed by atoms with Crippen molar-refractivity contribution in [3.63, 3.8) is 0 Å². The quantitative estimate of drug-likeness (QED) is 0.442. The molecule has 0 bridgehead atoms. The third kappa shape index (κ3) is 4.17. The van der Waals surface area contributed by atoms with Gasteiger partial charge in [-0.25, -0.2) is 4.98 Å². The van der Waals surface area contributed by atoms with Crippen LogP contribution >= 0.6 is 0 Å². The van der Waals surface area contributed by atoms with Crippen LogP contribution in [0.4, 0.5) is 0 Å². The van der Waals surface area contributed by atoms with Crippen LogP contribution in [0.1, 0.15) is 16.7 Å². The van der Waals surface area contributed by atoms with E-state index < -0.39 is 0 Å². The maximum Gasteiger partial charge on any atom is 0.261 e. The minimum absolute atomic E-state index is 0.0719. The molecule has 158 valence electrons. The molecule has 0 radical (unpaired) electrons. The van der Waals surface area contributed by atoms with Gasteiger partial charge in [-0.05, 0) is 68.3 Å². The Kier molecular flexibility index (Phi) is 5.76. The molecule has 31 heavy (non-hydrogen) atoms. The summed E-state index contributed by atoms with van der Waals surface area (Å²) >= 11 is 0. The largest absolute Gasteiger partial charge is 0.497 e. The average molecular weight is 415 g/mol. The fourth-order valence-electron chi connectivity index (χ4n) is 3.97. The Labute approximate surface area is 181 Å². The molecule has 4 rings (SSSR count). The number of hydrogen-bond acceptors (Lipinski definition) is 4. The van der Waals surface area contributed by atoms with Gasteiger partial charge in [0.1, 0.15) is 23.9 Å². The number of aryl methyl sites for hydroxylation is 3. The summed E-state index contributed by atoms with van der Waals surface area (Å²) in [5, 5.41) is 0.599. The highest BCUT2D eigenvalue weighted by molar-refractivity contribution is 5.79. The molecule has 0 unspecified atom stereocenters. The maximum absolute atomic E-state index is 13.3. The van der Waals surface area contributed by atoms with Crippen molar-refractivity contribution in [1.29, 1.82) is 0 Å². The Hall–Kier alpha value is -3.60. The second-order valence-electron chi connectivity index (χ2n) is 7.71. The van der Waals surface area contributed by atoms with E-state index in [0.29, 0.717) is 29.9 Å². The molecule has 0 saturated heterocycles. The number of aromatic nitrogens is 2. The third-order valence-electron chi connectivity index (χ3n) is 5.38. The minimum atomic E-state index is -0.0719. The summed E-state index contributed by atoms with van der Waals surface area (Å²) < 4.78 is 13.1. The maximum atomic E-state index is 13.3. The molecule has 0 aliphatic rings. The molecule has 5 nitrogen and oxygen atoms in total. The zero-order valence-corrected chi connectivity index (χ0v) is 18.3. The lowest BCUT2D eigenvalue weighted by Crippen LogP contribution is -2.26. The van der Waals surface area contributed by atoms with E-state index in [-0.39, 0.29) is 5.56 Å². The average Bonchev–Trinajstić information content (AvgIpc) is 2.76. The zero-order chi connectivity index (χ0) is 22.0. The number of para-hydroxylation sites is 1. The van der Waals surface area contributed by atoms with Crippen LogP contribution < -0.4 is 15.0 Å². The second-order valence-corrected chi connectivity index (χ2v) is 7.71. The van der Waals surface area contributed by atoms with E-state index in [4.69, 9.17) is 14.5 Å². The van der Waals surface area contributed by atoms with E-state index in [9.17, 15) is 4.79 Å². The lowest BCUT2D eigenvalue weighted by Gasteiger charge is -2.16. The Bertz CT molecular complexity index is 1270. The Morgan fingerprint density at radius 1 is 0.935 bits per heavy atom. The smallest absolute Gasteiger partial charge is 0.261 e. The van der Waals surface area contributed by atoms with Gasteiger partial charge in [-0.1, -0.05) is 29.8 Å². The van der Waals surface area contributed by atoms with Crippen molar-refractivity contribution in [3.8, 4) is 22.9 Å². The van der Waals surface area contributed by atoms with Gasteiger partial charge in [0.25, 0.3) is 5.56 Å². The first-order chi connectivity index (χ1) is 15.0. The van der Waals surface area contributed by atoms with Crippen molar-refractivity contribution in [3.05, 3.63) is 87.7 Å². The predicted molar refractivity (Wildman–Crippen MR) is 124 cm³/mol. The molecule has 1 heterocycles. The normalized spacial score (nSPS) is 11.0. The van der Waals surface area contributed by atoms with Crippen molar-refractivity contribution in [1.82, 2.24) is 9.55 Å². The zero-order valence-electron chi connectivity index (χ0n) is 18.3. The molecule has 0 aliphatic heterocycles. The predicted octanol–water partition coefficient (Wildman–Crippen LogP) is 5.08. The molecule has 5 heteroatoms. The van der Waals surface area contributed by atoms with Crippen molar-refractivity contribution < 1.29 is 9.47 Å². The van der Waals surface area contributed by atoms with Gasteiger partial charge in [-0.3, -0.25) is 9.36 Å². The van der Waals surface area contributed by atoms with Gasteiger partial charge >= 0.3 is 0 Å². The van der Waals surface area contributed by atoms with Crippen LogP contribution in [-0.2, 0) is 6.54 Å². The number of methoxy groups -OCH3 is 1. The summed E-state index contributed by atoms with van der Waals surface area (Å²) in [5.74, 6) is 2.25. The van der Waals surface area contributed by atoms with Crippen molar-refractivity contribution in [2.45, 2.75) is 27.3 Å². The van der Waals surface area contributed by atoms with Gasteiger partial charge in [-0.2, -0.15) is 0 Å². The Balaban J connectivity index is 1.72. The van der Waals surface area contributed by atoms with Gasteiger partial charge in [0.05, 0.1) is 24.6 Å². The first-order valence-corrected chi connectivity index (χ1v) is 10.3. The highest BCUT2D eigenvalue weighted by Crippen LogP contribution is 2.25. The highest BCUT2D eigenvalue weighted by Gasteiger charge is 2.14. The molecule has 0 saturated carbocycles. The monoisotopic (exact) mass is 414 g/mol. The lowest BCUT2D eigenvalue weighted by molar-refractivity contribution is 0.293. The molecule has 0 aliphatic carbocycles. The van der Waals surface area contributed by atoms with Crippen LogP contribution in [0.5, 0.6) is 11.5 Å². The van der Waals surface area contributed by atoms with Crippen molar-refractivity contribution in [2.75, 3.05) is 13.7 Å². The molecule has 0 amide bonds. The number of fused-ring (bicyclic) bond motifs is 1. The van der Waals surface area contributed by atoms with E-state index in [1.165, 1.54) is 5.56 Å². The van der Waals surface area contributed by atoms with E-state index in [1.807, 2.05) is 62.4 Å². The Morgan fingerprint density at radius 3 is 2.29 bits per heavy atom. The van der Waals surface area contributed by atoms with Crippen LogP contribution in [-0.4, -0.2) is 23.3 Å². The summed E-state index contributed by atoms with van der Waals surface area (Å²) in [4.78, 5) is 18.1. The number of benzene rings is 3. The fraction of sp³-hybridized carbons (Fsp3) is 0.231. The molecule has 3 aromatic carbocycles. The number of rotatable bonds is 6. The van der Waals surface area contributed by atoms with Gasteiger partial charge in [0.15, 0.2) is 0 Å². The SMILES string of the molecule is COc1ccc(-c2nc3ccccc3c(=O)n2CCOc2c(C)cc(C)cc2C)cc1. The number of hydrogen-bond donors (Lipinski definition) is 0. The topological polar surface area (TPSA) is 53.3 Å². The highest BCUT2D eigenvalue weighted by atomic mass is 16.5. The van der Waals surface area contributed by atoms with Gasteiger partial charge in [0, 0.05) is 5.56 Å². The van der Waals surface area contributed by atoms with Crippen LogP contribution in [0.15, 0.2) is 65.5 Å². The first-order valence-electron chi connectivity index (χ1n) is 10.3. The molecular weight excluding hydrogens is 388 g/mol. The summed E-state index contributed by atoms with van der Waals surface area (Å²) in [6.45, 7) is 6.92. The minimum Gasteiger partial charge on any atom is -0.497 e. The van der Waals surface area contributed by atoms with E-state index in [2.05, 4.69) is 19.1 Å². The third-order valence-corrected chi connectivity index (χ3v) is 5.38. The van der Waals surface area contributed by atoms with E-state index in [1.54, 1.807) is 11.7 Å². The van der Waals surface area contributed by atoms with Crippen LogP contribution in [0.3, 0.4) is 0 Å². The van der Waals surface area contributed by atoms with E-state index >= 15 is 0 Å². The lowest BCUT2D eigenvalue weighted by atomic mass is 10.1. The van der Waals surface area contributed by atoms with Crippen molar-refractivity contribution in [2.24, 2.45) is 0 Å². The van der Waals surface area contributed by atoms with Gasteiger partial charge < -0.3 is 9.47 Å². The van der Waals surface area contributed by atoms with Crippen molar-refractivity contribution >= 4 is 10.9 Å². The van der Waals surface area contributed by atoms with Crippen LogP contribution in [0, 0.1) is 20.8 Å². The summed E-state index contributed by atoms with van der Waals surface area (Å²) in [6.07, 6.45) is 0. The van der Waals surface area contributed by atoms with Gasteiger partial charge in [0.2, 0.25) is 0 Å². The first kappa shape index (κ1) is 20.7.